The van der Waals surface area contributed by atoms with Crippen molar-refractivity contribution in [1.29, 1.82) is 0 Å². The second kappa shape index (κ2) is 6.89. The van der Waals surface area contributed by atoms with Crippen molar-refractivity contribution in [3.05, 3.63) is 40.1 Å². The molecule has 0 saturated carbocycles. The van der Waals surface area contributed by atoms with E-state index >= 15 is 0 Å². The van der Waals surface area contributed by atoms with Gasteiger partial charge in [-0.1, -0.05) is 0 Å². The van der Waals surface area contributed by atoms with Gasteiger partial charge in [0.15, 0.2) is 11.5 Å². The lowest BCUT2D eigenvalue weighted by molar-refractivity contribution is 0.0530. The monoisotopic (exact) mass is 337 g/mol. The molecule has 1 amide bonds. The van der Waals surface area contributed by atoms with Gasteiger partial charge in [0.05, 0.1) is 20.8 Å². The van der Waals surface area contributed by atoms with Gasteiger partial charge < -0.3 is 25.0 Å². The fourth-order valence-electron chi connectivity index (χ4n) is 2.05. The van der Waals surface area contributed by atoms with E-state index in [1.165, 1.54) is 37.7 Å². The van der Waals surface area contributed by atoms with Gasteiger partial charge in [-0.15, -0.1) is 0 Å². The molecule has 6 nitrogen and oxygen atoms in total. The summed E-state index contributed by atoms with van der Waals surface area (Å²) in [4.78, 5) is 12.3. The molecule has 1 atom stereocenters. The quantitative estimate of drug-likeness (QED) is 0.751. The number of rotatable bonds is 6. The van der Waals surface area contributed by atoms with Crippen LogP contribution in [-0.2, 0) is 5.60 Å². The molecule has 0 spiro atoms. The number of carbonyl (C=O) groups is 1. The average molecular weight is 337 g/mol. The Kier molecular flexibility index (Phi) is 5.12. The minimum Gasteiger partial charge on any atom is -0.502 e. The van der Waals surface area contributed by atoms with Gasteiger partial charge in [-0.3, -0.25) is 4.79 Å². The maximum Gasteiger partial charge on any atom is 0.251 e. The first-order chi connectivity index (χ1) is 10.9. The van der Waals surface area contributed by atoms with Gasteiger partial charge in [-0.05, 0) is 41.4 Å². The first-order valence-corrected chi connectivity index (χ1v) is 7.81. The number of hydrogen-bond acceptors (Lipinski definition) is 6. The maximum absolute atomic E-state index is 12.3. The Morgan fingerprint density at radius 3 is 2.39 bits per heavy atom. The van der Waals surface area contributed by atoms with Crippen LogP contribution in [0.2, 0.25) is 0 Å². The molecule has 7 heteroatoms. The zero-order valence-electron chi connectivity index (χ0n) is 13.1. The van der Waals surface area contributed by atoms with Crippen LogP contribution < -0.4 is 14.8 Å². The standard InChI is InChI=1S/C16H19NO5S/c1-16(20,11-4-5-23-8-11)9-17-15(19)10-6-12(21-2)14(18)13(7-10)22-3/h4-8,18,20H,9H2,1-3H3,(H,17,19). The van der Waals surface area contributed by atoms with E-state index in [2.05, 4.69) is 5.32 Å². The molecule has 2 rings (SSSR count). The summed E-state index contributed by atoms with van der Waals surface area (Å²) in [6.07, 6.45) is 0. The largest absolute Gasteiger partial charge is 0.502 e. The normalized spacial score (nSPS) is 13.2. The fourth-order valence-corrected chi connectivity index (χ4v) is 2.83. The first-order valence-electron chi connectivity index (χ1n) is 6.87. The van der Waals surface area contributed by atoms with Crippen LogP contribution >= 0.6 is 11.3 Å². The smallest absolute Gasteiger partial charge is 0.251 e. The average Bonchev–Trinajstić information content (AvgIpc) is 3.08. The second-order valence-corrected chi connectivity index (χ2v) is 5.98. The van der Waals surface area contributed by atoms with Crippen molar-refractivity contribution >= 4 is 17.2 Å². The molecule has 0 bridgehead atoms. The summed E-state index contributed by atoms with van der Waals surface area (Å²) < 4.78 is 10.0. The summed E-state index contributed by atoms with van der Waals surface area (Å²) in [6.45, 7) is 1.68. The van der Waals surface area contributed by atoms with Crippen LogP contribution in [0.25, 0.3) is 0 Å². The Labute approximate surface area is 138 Å². The van der Waals surface area contributed by atoms with Crippen molar-refractivity contribution in [1.82, 2.24) is 5.32 Å². The number of hydrogen-bond donors (Lipinski definition) is 3. The van der Waals surface area contributed by atoms with Gasteiger partial charge in [0.25, 0.3) is 5.91 Å². The van der Waals surface area contributed by atoms with Crippen LogP contribution in [0.15, 0.2) is 29.0 Å². The predicted molar refractivity (Wildman–Crippen MR) is 87.4 cm³/mol. The molecule has 0 aliphatic carbocycles. The van der Waals surface area contributed by atoms with E-state index in [1.54, 1.807) is 6.92 Å². The van der Waals surface area contributed by atoms with E-state index in [1.807, 2.05) is 16.8 Å². The molecule has 23 heavy (non-hydrogen) atoms. The Hall–Kier alpha value is -2.25. The lowest BCUT2D eigenvalue weighted by atomic mass is 9.99. The number of amides is 1. The van der Waals surface area contributed by atoms with Crippen molar-refractivity contribution in [3.63, 3.8) is 0 Å². The van der Waals surface area contributed by atoms with Gasteiger partial charge in [0.2, 0.25) is 5.75 Å². The molecule has 124 valence electrons. The van der Waals surface area contributed by atoms with E-state index in [4.69, 9.17) is 9.47 Å². The number of aliphatic hydroxyl groups is 1. The molecule has 0 radical (unpaired) electrons. The van der Waals surface area contributed by atoms with E-state index in [9.17, 15) is 15.0 Å². The SMILES string of the molecule is COc1cc(C(=O)NCC(C)(O)c2ccsc2)cc(OC)c1O. The number of nitrogens with one attached hydrogen (secondary N) is 1. The minimum atomic E-state index is -1.17. The number of carbonyl (C=O) groups excluding carboxylic acids is 1. The molecule has 1 unspecified atom stereocenters. The highest BCUT2D eigenvalue weighted by molar-refractivity contribution is 7.08. The Morgan fingerprint density at radius 2 is 1.91 bits per heavy atom. The van der Waals surface area contributed by atoms with Crippen LogP contribution in [0.1, 0.15) is 22.8 Å². The van der Waals surface area contributed by atoms with E-state index in [0.717, 1.165) is 5.56 Å². The highest BCUT2D eigenvalue weighted by atomic mass is 32.1. The zero-order chi connectivity index (χ0) is 17.0. The third-order valence-corrected chi connectivity index (χ3v) is 4.16. The lowest BCUT2D eigenvalue weighted by Crippen LogP contribution is -2.38. The van der Waals surface area contributed by atoms with E-state index < -0.39 is 11.5 Å². The van der Waals surface area contributed by atoms with Crippen molar-refractivity contribution in [2.24, 2.45) is 0 Å². The molecule has 0 saturated heterocycles. The predicted octanol–water partition coefficient (Wildman–Crippen LogP) is 2.11. The summed E-state index contributed by atoms with van der Waals surface area (Å²) in [7, 11) is 2.77. The summed E-state index contributed by atoms with van der Waals surface area (Å²) in [5.74, 6) is -0.299. The van der Waals surface area contributed by atoms with E-state index in [-0.39, 0.29) is 29.4 Å². The Morgan fingerprint density at radius 1 is 1.30 bits per heavy atom. The number of ether oxygens (including phenoxy) is 2. The number of benzene rings is 1. The summed E-state index contributed by atoms with van der Waals surface area (Å²) in [5, 5.41) is 26.6. The van der Waals surface area contributed by atoms with Crippen LogP contribution in [0.5, 0.6) is 17.2 Å². The number of methoxy groups -OCH3 is 2. The topological polar surface area (TPSA) is 88.0 Å². The van der Waals surface area contributed by atoms with Gasteiger partial charge in [-0.25, -0.2) is 0 Å². The maximum atomic E-state index is 12.3. The molecule has 0 aliphatic rings. The molecule has 2 aromatic rings. The van der Waals surface area contributed by atoms with E-state index in [0.29, 0.717) is 0 Å². The van der Waals surface area contributed by atoms with Crippen LogP contribution in [0.3, 0.4) is 0 Å². The fraction of sp³-hybridized carbons (Fsp3) is 0.312. The van der Waals surface area contributed by atoms with Gasteiger partial charge >= 0.3 is 0 Å². The highest BCUT2D eigenvalue weighted by Crippen LogP contribution is 2.37. The van der Waals surface area contributed by atoms with Crippen molar-refractivity contribution < 1.29 is 24.5 Å². The lowest BCUT2D eigenvalue weighted by Gasteiger charge is -2.23. The van der Waals surface area contributed by atoms with Crippen LogP contribution in [0, 0.1) is 0 Å². The summed E-state index contributed by atoms with van der Waals surface area (Å²) in [5.41, 5.74) is -0.165. The molecule has 0 fully saturated rings. The summed E-state index contributed by atoms with van der Waals surface area (Å²) >= 11 is 1.48. The van der Waals surface area contributed by atoms with Crippen LogP contribution in [0.4, 0.5) is 0 Å². The number of thiophene rings is 1. The Bertz CT molecular complexity index is 657. The molecule has 3 N–H and O–H groups in total. The molecular formula is C16H19NO5S. The number of phenols is 1. The minimum absolute atomic E-state index is 0.0497. The van der Waals surface area contributed by atoms with Crippen LogP contribution in [-0.4, -0.2) is 36.9 Å². The molecule has 0 aliphatic heterocycles. The third kappa shape index (κ3) is 3.75. The van der Waals surface area contributed by atoms with Crippen molar-refractivity contribution in [2.45, 2.75) is 12.5 Å². The number of aromatic hydroxyl groups is 1. The third-order valence-electron chi connectivity index (χ3n) is 3.48. The first kappa shape index (κ1) is 17.1. The molecule has 1 heterocycles. The van der Waals surface area contributed by atoms with Gasteiger partial charge in [-0.2, -0.15) is 11.3 Å². The molecule has 1 aromatic heterocycles. The molecular weight excluding hydrogens is 318 g/mol. The van der Waals surface area contributed by atoms with Gasteiger partial charge in [0.1, 0.15) is 5.60 Å². The Balaban J connectivity index is 2.15. The zero-order valence-corrected chi connectivity index (χ0v) is 13.9. The highest BCUT2D eigenvalue weighted by Gasteiger charge is 2.25. The second-order valence-electron chi connectivity index (χ2n) is 5.20. The van der Waals surface area contributed by atoms with Gasteiger partial charge in [0, 0.05) is 5.56 Å². The summed E-state index contributed by atoms with van der Waals surface area (Å²) in [6, 6.07) is 4.63. The number of phenolic OH excluding ortho intramolecular Hbond substituents is 1. The van der Waals surface area contributed by atoms with Crippen molar-refractivity contribution in [3.8, 4) is 17.2 Å². The van der Waals surface area contributed by atoms with Crippen molar-refractivity contribution in [2.75, 3.05) is 20.8 Å². The molecule has 1 aromatic carbocycles.